The van der Waals surface area contributed by atoms with Crippen molar-refractivity contribution in [2.45, 2.75) is 57.0 Å². The van der Waals surface area contributed by atoms with Gasteiger partial charge in [0.1, 0.15) is 0 Å². The number of hydrogen-bond donors (Lipinski definition) is 0. The van der Waals surface area contributed by atoms with Gasteiger partial charge in [-0.3, -0.25) is 9.69 Å². The van der Waals surface area contributed by atoms with Crippen LogP contribution < -0.4 is 5.56 Å². The first-order valence-corrected chi connectivity index (χ1v) is 10.5. The van der Waals surface area contributed by atoms with E-state index in [1.807, 2.05) is 6.07 Å². The van der Waals surface area contributed by atoms with E-state index in [0.29, 0.717) is 24.3 Å². The lowest BCUT2D eigenvalue weighted by molar-refractivity contribution is 0.159. The molecule has 3 aliphatic rings. The van der Waals surface area contributed by atoms with Crippen LogP contribution in [0.15, 0.2) is 21.5 Å². The molecule has 0 amide bonds. The quantitative estimate of drug-likeness (QED) is 0.751. The first-order chi connectivity index (χ1) is 13.7. The van der Waals surface area contributed by atoms with E-state index < -0.39 is 0 Å². The van der Waals surface area contributed by atoms with Crippen LogP contribution >= 0.6 is 0 Å². The molecule has 0 bridgehead atoms. The molecular weight excluding hydrogens is 358 g/mol. The lowest BCUT2D eigenvalue weighted by Gasteiger charge is -2.31. The van der Waals surface area contributed by atoms with Gasteiger partial charge in [-0.1, -0.05) is 5.16 Å². The molecule has 0 aromatic carbocycles. The highest BCUT2D eigenvalue weighted by atomic mass is 16.5. The Morgan fingerprint density at radius 2 is 1.93 bits per heavy atom. The Kier molecular flexibility index (Phi) is 4.98. The minimum atomic E-state index is 0.0158. The average molecular weight is 385 g/mol. The Morgan fingerprint density at radius 1 is 1.07 bits per heavy atom. The number of hydrogen-bond acceptors (Lipinski definition) is 7. The van der Waals surface area contributed by atoms with Crippen molar-refractivity contribution < 1.29 is 9.26 Å². The maximum Gasteiger partial charge on any atom is 0.266 e. The minimum Gasteiger partial charge on any atom is -0.381 e. The zero-order valence-electron chi connectivity index (χ0n) is 16.1. The summed E-state index contributed by atoms with van der Waals surface area (Å²) in [6.45, 7) is 4.87. The number of likely N-dealkylation sites (tertiary alicyclic amines) is 1. The van der Waals surface area contributed by atoms with E-state index in [0.717, 1.165) is 63.6 Å². The fourth-order valence-electron chi connectivity index (χ4n) is 4.19. The fourth-order valence-corrected chi connectivity index (χ4v) is 4.19. The summed E-state index contributed by atoms with van der Waals surface area (Å²) < 4.78 is 12.5. The second-order valence-electron chi connectivity index (χ2n) is 8.38. The highest BCUT2D eigenvalue weighted by molar-refractivity contribution is 5.12. The predicted octanol–water partition coefficient (Wildman–Crippen LogP) is 1.92. The third-order valence-electron chi connectivity index (χ3n) is 6.15. The molecule has 150 valence electrons. The summed E-state index contributed by atoms with van der Waals surface area (Å²) in [4.78, 5) is 19.1. The average Bonchev–Trinajstić information content (AvgIpc) is 3.21. The molecule has 8 heteroatoms. The molecule has 2 aliphatic heterocycles. The van der Waals surface area contributed by atoms with Crippen molar-refractivity contribution in [3.8, 4) is 0 Å². The third kappa shape index (κ3) is 4.03. The molecule has 1 saturated carbocycles. The molecule has 1 aliphatic carbocycles. The topological polar surface area (TPSA) is 86.3 Å². The van der Waals surface area contributed by atoms with Gasteiger partial charge in [0, 0.05) is 25.1 Å². The number of rotatable bonds is 6. The Balaban J connectivity index is 1.14. The van der Waals surface area contributed by atoms with Crippen LogP contribution in [0.5, 0.6) is 0 Å². The standard InChI is InChI=1S/C20H27N5O3/c26-19-4-3-17(15-1-2-15)22-25(19)11-14-5-8-24(9-6-14)12-18-21-20(28-23-18)16-7-10-27-13-16/h3-4,14-16H,1-2,5-13H2. The van der Waals surface area contributed by atoms with Crippen molar-refractivity contribution in [3.63, 3.8) is 0 Å². The lowest BCUT2D eigenvalue weighted by Crippen LogP contribution is -2.36. The highest BCUT2D eigenvalue weighted by Gasteiger charge is 2.27. The van der Waals surface area contributed by atoms with Gasteiger partial charge in [-0.2, -0.15) is 10.1 Å². The van der Waals surface area contributed by atoms with Crippen molar-refractivity contribution in [3.05, 3.63) is 39.9 Å². The van der Waals surface area contributed by atoms with Gasteiger partial charge in [-0.25, -0.2) is 4.68 Å². The summed E-state index contributed by atoms with van der Waals surface area (Å²) in [5, 5.41) is 8.75. The monoisotopic (exact) mass is 385 g/mol. The van der Waals surface area contributed by atoms with E-state index in [1.165, 1.54) is 12.8 Å². The van der Waals surface area contributed by atoms with Crippen molar-refractivity contribution in [2.24, 2.45) is 5.92 Å². The smallest absolute Gasteiger partial charge is 0.266 e. The summed E-state index contributed by atoms with van der Waals surface area (Å²) in [5.41, 5.74) is 1.10. The maximum absolute atomic E-state index is 12.2. The van der Waals surface area contributed by atoms with Crippen LogP contribution in [-0.4, -0.2) is 51.1 Å². The van der Waals surface area contributed by atoms with Crippen molar-refractivity contribution in [1.29, 1.82) is 0 Å². The Hall–Kier alpha value is -2.06. The van der Waals surface area contributed by atoms with E-state index >= 15 is 0 Å². The zero-order chi connectivity index (χ0) is 18.9. The number of piperidine rings is 1. The molecule has 2 saturated heterocycles. The lowest BCUT2D eigenvalue weighted by atomic mass is 9.97. The molecule has 1 unspecified atom stereocenters. The SMILES string of the molecule is O=c1ccc(C2CC2)nn1CC1CCN(Cc2noc(C3CCOC3)n2)CC1. The van der Waals surface area contributed by atoms with E-state index in [1.54, 1.807) is 10.7 Å². The molecule has 0 radical (unpaired) electrons. The zero-order valence-corrected chi connectivity index (χ0v) is 16.1. The first-order valence-electron chi connectivity index (χ1n) is 10.5. The predicted molar refractivity (Wildman–Crippen MR) is 101 cm³/mol. The summed E-state index contributed by atoms with van der Waals surface area (Å²) in [6.07, 6.45) is 5.48. The molecule has 8 nitrogen and oxygen atoms in total. The van der Waals surface area contributed by atoms with Gasteiger partial charge < -0.3 is 9.26 Å². The second-order valence-corrected chi connectivity index (χ2v) is 8.38. The van der Waals surface area contributed by atoms with Gasteiger partial charge >= 0.3 is 0 Å². The van der Waals surface area contributed by atoms with Gasteiger partial charge in [0.2, 0.25) is 5.89 Å². The Bertz CT molecular complexity index is 861. The Labute approximate surface area is 163 Å². The van der Waals surface area contributed by atoms with Gasteiger partial charge in [-0.05, 0) is 57.2 Å². The van der Waals surface area contributed by atoms with E-state index in [-0.39, 0.29) is 11.5 Å². The maximum atomic E-state index is 12.2. The summed E-state index contributed by atoms with van der Waals surface area (Å²) in [5.74, 6) is 2.79. The largest absolute Gasteiger partial charge is 0.381 e. The molecule has 0 N–H and O–H groups in total. The molecule has 28 heavy (non-hydrogen) atoms. The van der Waals surface area contributed by atoms with E-state index in [9.17, 15) is 4.79 Å². The van der Waals surface area contributed by atoms with Gasteiger partial charge in [0.15, 0.2) is 5.82 Å². The molecule has 2 aromatic heterocycles. The van der Waals surface area contributed by atoms with Gasteiger partial charge in [0.25, 0.3) is 5.56 Å². The van der Waals surface area contributed by atoms with E-state index in [2.05, 4.69) is 20.1 Å². The van der Waals surface area contributed by atoms with E-state index in [4.69, 9.17) is 9.26 Å². The van der Waals surface area contributed by atoms with Crippen LogP contribution in [0.1, 0.15) is 61.3 Å². The summed E-state index contributed by atoms with van der Waals surface area (Å²) in [7, 11) is 0. The first kappa shape index (κ1) is 18.0. The molecule has 2 aromatic rings. The van der Waals surface area contributed by atoms with Crippen LogP contribution in [0.25, 0.3) is 0 Å². The van der Waals surface area contributed by atoms with Gasteiger partial charge in [0.05, 0.1) is 24.8 Å². The van der Waals surface area contributed by atoms with Crippen LogP contribution in [0.4, 0.5) is 0 Å². The van der Waals surface area contributed by atoms with Crippen LogP contribution in [0.3, 0.4) is 0 Å². The normalized spacial score (nSPS) is 24.1. The molecule has 0 spiro atoms. The van der Waals surface area contributed by atoms with Gasteiger partial charge in [-0.15, -0.1) is 0 Å². The van der Waals surface area contributed by atoms with Crippen LogP contribution in [-0.2, 0) is 17.8 Å². The molecule has 1 atom stereocenters. The summed E-state index contributed by atoms with van der Waals surface area (Å²) in [6, 6.07) is 3.58. The molecule has 5 rings (SSSR count). The van der Waals surface area contributed by atoms with Crippen molar-refractivity contribution in [2.75, 3.05) is 26.3 Å². The number of aromatic nitrogens is 4. The number of nitrogens with zero attached hydrogens (tertiary/aromatic N) is 5. The van der Waals surface area contributed by atoms with Crippen molar-refractivity contribution >= 4 is 0 Å². The summed E-state index contributed by atoms with van der Waals surface area (Å²) >= 11 is 0. The molecule has 3 fully saturated rings. The number of ether oxygens (including phenoxy) is 1. The molecule has 4 heterocycles. The second kappa shape index (κ2) is 7.75. The highest BCUT2D eigenvalue weighted by Crippen LogP contribution is 2.38. The molecular formula is C20H27N5O3. The van der Waals surface area contributed by atoms with Crippen molar-refractivity contribution in [1.82, 2.24) is 24.8 Å². The van der Waals surface area contributed by atoms with Crippen LogP contribution in [0, 0.1) is 5.92 Å². The minimum absolute atomic E-state index is 0.0158. The third-order valence-corrected chi connectivity index (χ3v) is 6.15. The fraction of sp³-hybridized carbons (Fsp3) is 0.700. The Morgan fingerprint density at radius 3 is 2.68 bits per heavy atom. The van der Waals surface area contributed by atoms with Crippen LogP contribution in [0.2, 0.25) is 0 Å².